The van der Waals surface area contributed by atoms with Gasteiger partial charge in [0.2, 0.25) is 5.69 Å². The SMILES string of the molecule is Cc1cc2c(oc3ccccc32)c(C2=C(CC(C)C)c3cc(C4CCC(C)(C)C4)cc4cc[n+](C)c2c34)c1C. The predicted octanol–water partition coefficient (Wildman–Crippen LogP) is 9.79. The van der Waals surface area contributed by atoms with Crippen LogP contribution in [0.4, 0.5) is 0 Å². The van der Waals surface area contributed by atoms with E-state index in [0.29, 0.717) is 17.3 Å². The molecule has 2 heterocycles. The Hall–Kier alpha value is -3.39. The van der Waals surface area contributed by atoms with Gasteiger partial charge in [0, 0.05) is 22.4 Å². The predicted molar refractivity (Wildman–Crippen MR) is 164 cm³/mol. The molecule has 2 aliphatic rings. The quantitative estimate of drug-likeness (QED) is 0.218. The zero-order chi connectivity index (χ0) is 27.2. The third-order valence-corrected chi connectivity index (χ3v) is 9.61. The molecule has 5 aromatic rings. The van der Waals surface area contributed by atoms with Crippen LogP contribution >= 0.6 is 0 Å². The molecule has 1 unspecified atom stereocenters. The van der Waals surface area contributed by atoms with Crippen LogP contribution in [-0.4, -0.2) is 0 Å². The van der Waals surface area contributed by atoms with Crippen LogP contribution in [0.5, 0.6) is 0 Å². The van der Waals surface area contributed by atoms with Gasteiger partial charge in [-0.15, -0.1) is 0 Å². The summed E-state index contributed by atoms with van der Waals surface area (Å²) >= 11 is 0. The third kappa shape index (κ3) is 3.71. The Morgan fingerprint density at radius 2 is 1.82 bits per heavy atom. The van der Waals surface area contributed by atoms with Crippen LogP contribution in [0.2, 0.25) is 0 Å². The molecule has 1 saturated carbocycles. The molecule has 0 aliphatic heterocycles. The molecule has 0 radical (unpaired) electrons. The molecule has 0 saturated heterocycles. The maximum absolute atomic E-state index is 6.70. The van der Waals surface area contributed by atoms with Crippen molar-refractivity contribution in [2.24, 2.45) is 18.4 Å². The average molecular weight is 515 g/mol. The van der Waals surface area contributed by atoms with E-state index in [-0.39, 0.29) is 0 Å². The number of nitrogens with zero attached hydrogens (tertiary/aromatic N) is 1. The van der Waals surface area contributed by atoms with Crippen LogP contribution in [-0.2, 0) is 7.05 Å². The fourth-order valence-corrected chi connectivity index (χ4v) is 7.58. The molecule has 2 nitrogen and oxygen atoms in total. The van der Waals surface area contributed by atoms with E-state index in [2.05, 4.69) is 108 Å². The summed E-state index contributed by atoms with van der Waals surface area (Å²) in [5, 5.41) is 5.21. The number of furan rings is 1. The number of benzene rings is 3. The fourth-order valence-electron chi connectivity index (χ4n) is 7.58. The molecule has 3 aromatic carbocycles. The van der Waals surface area contributed by atoms with E-state index < -0.39 is 0 Å². The van der Waals surface area contributed by atoms with Crippen molar-refractivity contribution in [2.45, 2.75) is 73.1 Å². The van der Waals surface area contributed by atoms with Gasteiger partial charge in [-0.1, -0.05) is 58.0 Å². The van der Waals surface area contributed by atoms with Crippen molar-refractivity contribution in [2.75, 3.05) is 0 Å². The van der Waals surface area contributed by atoms with Gasteiger partial charge in [0.15, 0.2) is 6.20 Å². The highest BCUT2D eigenvalue weighted by molar-refractivity contribution is 6.20. The molecule has 1 fully saturated rings. The Bertz CT molecular complexity index is 1850. The zero-order valence-corrected chi connectivity index (χ0v) is 24.5. The molecule has 2 heteroatoms. The molecular weight excluding hydrogens is 474 g/mol. The van der Waals surface area contributed by atoms with Crippen molar-refractivity contribution < 1.29 is 8.98 Å². The second-order valence-corrected chi connectivity index (χ2v) is 13.5. The number of aromatic nitrogens is 1. The van der Waals surface area contributed by atoms with Crippen molar-refractivity contribution >= 4 is 43.9 Å². The van der Waals surface area contributed by atoms with Crippen LogP contribution in [0.1, 0.15) is 92.8 Å². The van der Waals surface area contributed by atoms with Gasteiger partial charge in [-0.3, -0.25) is 0 Å². The number of hydrogen-bond acceptors (Lipinski definition) is 1. The Labute approximate surface area is 232 Å². The summed E-state index contributed by atoms with van der Waals surface area (Å²) in [5.41, 5.74) is 13.5. The first kappa shape index (κ1) is 24.6. The third-order valence-electron chi connectivity index (χ3n) is 9.61. The number of hydrogen-bond donors (Lipinski definition) is 0. The smallest absolute Gasteiger partial charge is 0.221 e. The molecule has 0 N–H and O–H groups in total. The van der Waals surface area contributed by atoms with Crippen LogP contribution in [0, 0.1) is 25.2 Å². The number of allylic oxidation sites excluding steroid dienone is 1. The van der Waals surface area contributed by atoms with E-state index in [4.69, 9.17) is 4.42 Å². The lowest BCUT2D eigenvalue weighted by Gasteiger charge is -2.18. The second-order valence-electron chi connectivity index (χ2n) is 13.5. The number of rotatable bonds is 4. The van der Waals surface area contributed by atoms with Gasteiger partial charge < -0.3 is 4.42 Å². The van der Waals surface area contributed by atoms with Gasteiger partial charge in [-0.05, 0) is 102 Å². The highest BCUT2D eigenvalue weighted by Gasteiger charge is 2.37. The van der Waals surface area contributed by atoms with E-state index in [0.717, 1.165) is 17.6 Å². The van der Waals surface area contributed by atoms with E-state index in [1.807, 2.05) is 0 Å². The Kier molecular flexibility index (Phi) is 5.40. The molecule has 198 valence electrons. The highest BCUT2D eigenvalue weighted by Crippen LogP contribution is 2.52. The minimum Gasteiger partial charge on any atom is -0.455 e. The maximum Gasteiger partial charge on any atom is 0.221 e. The molecular formula is C37H40NO+. The zero-order valence-electron chi connectivity index (χ0n) is 24.5. The molecule has 0 bridgehead atoms. The topological polar surface area (TPSA) is 17.0 Å². The number of fused-ring (bicyclic) bond motifs is 3. The molecule has 1 atom stereocenters. The monoisotopic (exact) mass is 514 g/mol. The Morgan fingerprint density at radius 3 is 2.56 bits per heavy atom. The maximum atomic E-state index is 6.70. The Balaban J connectivity index is 1.58. The summed E-state index contributed by atoms with van der Waals surface area (Å²) in [6.45, 7) is 14.1. The Morgan fingerprint density at radius 1 is 1.03 bits per heavy atom. The lowest BCUT2D eigenvalue weighted by Crippen LogP contribution is -2.32. The largest absolute Gasteiger partial charge is 0.455 e. The van der Waals surface area contributed by atoms with Crippen molar-refractivity contribution in [3.8, 4) is 0 Å². The van der Waals surface area contributed by atoms with Crippen LogP contribution in [0.3, 0.4) is 0 Å². The standard InChI is InChI=1S/C37H40NO/c1-21(2)16-28-29-19-26(25-12-14-37(5,6)20-25)18-24-13-15-38(7)35(33(24)29)34(28)32-23(4)22(3)17-30-27-10-8-9-11-31(27)39-36(30)32/h8-11,13,15,17-19,21,25H,12,14,16,20H2,1-7H3/q+1. The van der Waals surface area contributed by atoms with Crippen molar-refractivity contribution in [1.82, 2.24) is 0 Å². The fraction of sp³-hybridized carbons (Fsp3) is 0.378. The summed E-state index contributed by atoms with van der Waals surface area (Å²) < 4.78 is 9.05. The molecule has 39 heavy (non-hydrogen) atoms. The van der Waals surface area contributed by atoms with Crippen LogP contribution in [0.15, 0.2) is 59.1 Å². The minimum atomic E-state index is 0.432. The van der Waals surface area contributed by atoms with Gasteiger partial charge >= 0.3 is 0 Å². The second kappa shape index (κ2) is 8.55. The number of pyridine rings is 1. The van der Waals surface area contributed by atoms with Crippen LogP contribution < -0.4 is 4.57 Å². The van der Waals surface area contributed by atoms with Gasteiger partial charge in [0.05, 0.1) is 11.0 Å². The van der Waals surface area contributed by atoms with Gasteiger partial charge in [-0.2, -0.15) is 0 Å². The summed E-state index contributed by atoms with van der Waals surface area (Å²) in [5.74, 6) is 1.19. The van der Waals surface area contributed by atoms with Gasteiger partial charge in [-0.25, -0.2) is 4.57 Å². The number of para-hydroxylation sites is 1. The minimum absolute atomic E-state index is 0.432. The van der Waals surface area contributed by atoms with Crippen molar-refractivity contribution in [3.05, 3.63) is 88.2 Å². The van der Waals surface area contributed by atoms with Crippen LogP contribution in [0.25, 0.3) is 43.9 Å². The van der Waals surface area contributed by atoms with E-state index in [9.17, 15) is 0 Å². The summed E-state index contributed by atoms with van der Waals surface area (Å²) in [6.07, 6.45) is 7.19. The first-order chi connectivity index (χ1) is 18.6. The van der Waals surface area contributed by atoms with E-state index >= 15 is 0 Å². The molecule has 0 amide bonds. The molecule has 2 aromatic heterocycles. The average Bonchev–Trinajstić information content (AvgIpc) is 3.54. The van der Waals surface area contributed by atoms with Crippen molar-refractivity contribution in [3.63, 3.8) is 0 Å². The summed E-state index contributed by atoms with van der Waals surface area (Å²) in [7, 11) is 2.21. The highest BCUT2D eigenvalue weighted by atomic mass is 16.3. The molecule has 0 spiro atoms. The van der Waals surface area contributed by atoms with Crippen molar-refractivity contribution in [1.29, 1.82) is 0 Å². The molecule has 7 rings (SSSR count). The van der Waals surface area contributed by atoms with Gasteiger partial charge in [0.1, 0.15) is 18.2 Å². The molecule has 2 aliphatic carbocycles. The summed E-state index contributed by atoms with van der Waals surface area (Å²) in [4.78, 5) is 0. The number of aryl methyl sites for hydroxylation is 2. The lowest BCUT2D eigenvalue weighted by atomic mass is 9.86. The lowest BCUT2D eigenvalue weighted by molar-refractivity contribution is -0.672. The normalized spacial score (nSPS) is 18.5. The van der Waals surface area contributed by atoms with E-state index in [1.165, 1.54) is 85.5 Å². The summed E-state index contributed by atoms with van der Waals surface area (Å²) in [6, 6.07) is 18.2. The first-order valence-corrected chi connectivity index (χ1v) is 14.7. The van der Waals surface area contributed by atoms with Gasteiger partial charge in [0.25, 0.3) is 0 Å². The van der Waals surface area contributed by atoms with E-state index in [1.54, 1.807) is 0 Å². The first-order valence-electron chi connectivity index (χ1n) is 14.7.